The largest absolute Gasteiger partial charge is 0.347 e. The van der Waals surface area contributed by atoms with Gasteiger partial charge in [0, 0.05) is 25.2 Å². The summed E-state index contributed by atoms with van der Waals surface area (Å²) in [6, 6.07) is 6.02. The Kier molecular flexibility index (Phi) is 5.19. The average molecular weight is 420 g/mol. The highest BCUT2D eigenvalue weighted by atomic mass is 32.2. The van der Waals surface area contributed by atoms with Crippen LogP contribution in [0, 0.1) is 23.2 Å². The van der Waals surface area contributed by atoms with Gasteiger partial charge in [-0.2, -0.15) is 0 Å². The van der Waals surface area contributed by atoms with Crippen LogP contribution in [0.1, 0.15) is 38.5 Å². The van der Waals surface area contributed by atoms with Gasteiger partial charge in [-0.1, -0.05) is 0 Å². The van der Waals surface area contributed by atoms with Crippen molar-refractivity contribution in [3.05, 3.63) is 24.3 Å². The molecule has 0 spiro atoms. The fourth-order valence-corrected chi connectivity index (χ4v) is 6.76. The molecule has 0 aromatic heterocycles. The monoisotopic (exact) mass is 419 g/mol. The molecule has 0 radical (unpaired) electrons. The van der Waals surface area contributed by atoms with Crippen molar-refractivity contribution in [3.63, 3.8) is 0 Å². The summed E-state index contributed by atoms with van der Waals surface area (Å²) in [7, 11) is -0.563. The predicted molar refractivity (Wildman–Crippen MR) is 110 cm³/mol. The van der Waals surface area contributed by atoms with E-state index in [-0.39, 0.29) is 28.7 Å². The molecule has 4 aliphatic rings. The lowest BCUT2D eigenvalue weighted by Gasteiger charge is -2.55. The Morgan fingerprint density at radius 1 is 1.00 bits per heavy atom. The van der Waals surface area contributed by atoms with E-state index < -0.39 is 10.0 Å². The lowest BCUT2D eigenvalue weighted by molar-refractivity contribution is -0.146. The van der Waals surface area contributed by atoms with Crippen LogP contribution in [-0.2, 0) is 19.6 Å². The molecule has 0 unspecified atom stereocenters. The van der Waals surface area contributed by atoms with Crippen LogP contribution in [0.2, 0.25) is 0 Å². The van der Waals surface area contributed by atoms with Crippen LogP contribution in [0.3, 0.4) is 0 Å². The average Bonchev–Trinajstić information content (AvgIpc) is 2.65. The van der Waals surface area contributed by atoms with Gasteiger partial charge in [0.05, 0.1) is 11.4 Å². The molecule has 7 nitrogen and oxygen atoms in total. The molecule has 158 valence electrons. The SMILES string of the molecule is CN(C)S(=O)(=O)c1ccc(NC(=O)CNC(=O)C23CC4CC(CC(C4)C2)C3)cc1. The van der Waals surface area contributed by atoms with Gasteiger partial charge in [0.25, 0.3) is 0 Å². The zero-order chi connectivity index (χ0) is 20.8. The summed E-state index contributed by atoms with van der Waals surface area (Å²) >= 11 is 0. The summed E-state index contributed by atoms with van der Waals surface area (Å²) in [5, 5.41) is 5.57. The molecule has 4 fully saturated rings. The van der Waals surface area contributed by atoms with Crippen LogP contribution in [0.5, 0.6) is 0 Å². The number of carbonyl (C=O) groups excluding carboxylic acids is 2. The maximum Gasteiger partial charge on any atom is 0.243 e. The molecule has 8 heteroatoms. The Morgan fingerprint density at radius 3 is 2.00 bits per heavy atom. The third kappa shape index (κ3) is 3.92. The molecule has 1 aromatic carbocycles. The van der Waals surface area contributed by atoms with E-state index in [1.807, 2.05) is 0 Å². The van der Waals surface area contributed by atoms with Gasteiger partial charge in [-0.05, 0) is 80.5 Å². The van der Waals surface area contributed by atoms with E-state index in [2.05, 4.69) is 10.6 Å². The summed E-state index contributed by atoms with van der Waals surface area (Å²) in [5.74, 6) is 1.75. The molecule has 29 heavy (non-hydrogen) atoms. The van der Waals surface area contributed by atoms with Gasteiger partial charge in [0.1, 0.15) is 0 Å². The maximum absolute atomic E-state index is 12.9. The highest BCUT2D eigenvalue weighted by Crippen LogP contribution is 2.60. The third-order valence-electron chi connectivity index (χ3n) is 6.85. The predicted octanol–water partition coefficient (Wildman–Crippen LogP) is 2.21. The zero-order valence-electron chi connectivity index (χ0n) is 17.0. The van der Waals surface area contributed by atoms with Crippen LogP contribution < -0.4 is 10.6 Å². The standard InChI is InChI=1S/C21H29N3O4S/c1-24(2)29(27,28)18-5-3-17(4-6-18)23-19(25)13-22-20(26)21-10-14-7-15(11-21)9-16(8-14)12-21/h3-6,14-16H,7-13H2,1-2H3,(H,22,26)(H,23,25). The number of nitrogens with zero attached hydrogens (tertiary/aromatic N) is 1. The molecule has 2 N–H and O–H groups in total. The van der Waals surface area contributed by atoms with Gasteiger partial charge >= 0.3 is 0 Å². The van der Waals surface area contributed by atoms with Crippen molar-refractivity contribution < 1.29 is 18.0 Å². The van der Waals surface area contributed by atoms with Gasteiger partial charge in [-0.3, -0.25) is 9.59 Å². The topological polar surface area (TPSA) is 95.6 Å². The van der Waals surface area contributed by atoms with Crippen LogP contribution >= 0.6 is 0 Å². The molecule has 4 saturated carbocycles. The molecule has 0 aliphatic heterocycles. The quantitative estimate of drug-likeness (QED) is 0.739. The summed E-state index contributed by atoms with van der Waals surface area (Å²) in [6.07, 6.45) is 6.71. The van der Waals surface area contributed by atoms with E-state index in [9.17, 15) is 18.0 Å². The lowest BCUT2D eigenvalue weighted by Crippen LogP contribution is -2.54. The first kappa shape index (κ1) is 20.3. The van der Waals surface area contributed by atoms with Crippen molar-refractivity contribution in [2.24, 2.45) is 23.2 Å². The Hall–Kier alpha value is -1.93. The van der Waals surface area contributed by atoms with E-state index in [1.54, 1.807) is 12.1 Å². The number of benzene rings is 1. The number of hydrogen-bond donors (Lipinski definition) is 2. The molecule has 2 amide bonds. The van der Waals surface area contributed by atoms with Crippen molar-refractivity contribution >= 4 is 27.5 Å². The molecule has 5 rings (SSSR count). The van der Waals surface area contributed by atoms with Crippen molar-refractivity contribution in [2.75, 3.05) is 26.0 Å². The summed E-state index contributed by atoms with van der Waals surface area (Å²) in [6.45, 7) is -0.0711. The second kappa shape index (κ2) is 7.40. The van der Waals surface area contributed by atoms with Crippen LogP contribution in [0.15, 0.2) is 29.2 Å². The first-order chi connectivity index (χ1) is 13.7. The van der Waals surface area contributed by atoms with E-state index in [1.165, 1.54) is 45.5 Å². The Morgan fingerprint density at radius 2 is 1.52 bits per heavy atom. The van der Waals surface area contributed by atoms with Crippen LogP contribution in [0.25, 0.3) is 0 Å². The second-order valence-corrected chi connectivity index (χ2v) is 11.4. The number of hydrogen-bond acceptors (Lipinski definition) is 4. The van der Waals surface area contributed by atoms with Crippen molar-refractivity contribution in [3.8, 4) is 0 Å². The minimum absolute atomic E-state index is 0.0270. The smallest absolute Gasteiger partial charge is 0.243 e. The number of carbonyl (C=O) groups is 2. The van der Waals surface area contributed by atoms with E-state index in [4.69, 9.17) is 0 Å². The zero-order valence-corrected chi connectivity index (χ0v) is 17.8. The minimum Gasteiger partial charge on any atom is -0.347 e. The van der Waals surface area contributed by atoms with Crippen molar-refractivity contribution in [2.45, 2.75) is 43.4 Å². The molecule has 0 atom stereocenters. The van der Waals surface area contributed by atoms with E-state index in [0.29, 0.717) is 23.4 Å². The third-order valence-corrected chi connectivity index (χ3v) is 8.68. The highest BCUT2D eigenvalue weighted by molar-refractivity contribution is 7.89. The van der Waals surface area contributed by atoms with Gasteiger partial charge in [-0.25, -0.2) is 12.7 Å². The molecule has 0 heterocycles. The fraction of sp³-hybridized carbons (Fsp3) is 0.619. The molecule has 0 saturated heterocycles. The molecular formula is C21H29N3O4S. The van der Waals surface area contributed by atoms with E-state index in [0.717, 1.165) is 23.6 Å². The van der Waals surface area contributed by atoms with Crippen molar-refractivity contribution in [1.29, 1.82) is 0 Å². The summed E-state index contributed by atoms with van der Waals surface area (Å²) in [5.41, 5.74) is 0.230. The Balaban J connectivity index is 1.32. The first-order valence-electron chi connectivity index (χ1n) is 10.3. The normalized spacial score (nSPS) is 30.4. The summed E-state index contributed by atoms with van der Waals surface area (Å²) < 4.78 is 25.3. The van der Waals surface area contributed by atoms with E-state index >= 15 is 0 Å². The Bertz CT molecular complexity index is 873. The number of sulfonamides is 1. The van der Waals surface area contributed by atoms with Gasteiger partial charge in [0.2, 0.25) is 21.8 Å². The molecule has 4 aliphatic carbocycles. The number of amides is 2. The Labute approximate surface area is 172 Å². The summed E-state index contributed by atoms with van der Waals surface area (Å²) in [4.78, 5) is 25.4. The highest BCUT2D eigenvalue weighted by Gasteiger charge is 2.54. The molecule has 1 aromatic rings. The number of nitrogens with one attached hydrogen (secondary N) is 2. The maximum atomic E-state index is 12.9. The molecule has 4 bridgehead atoms. The van der Waals surface area contributed by atoms with Crippen molar-refractivity contribution in [1.82, 2.24) is 9.62 Å². The first-order valence-corrected chi connectivity index (χ1v) is 11.7. The fourth-order valence-electron chi connectivity index (χ4n) is 5.86. The van der Waals surface area contributed by atoms with Gasteiger partial charge < -0.3 is 10.6 Å². The lowest BCUT2D eigenvalue weighted by atomic mass is 9.49. The molecular weight excluding hydrogens is 390 g/mol. The van der Waals surface area contributed by atoms with Crippen LogP contribution in [-0.4, -0.2) is 45.2 Å². The number of rotatable bonds is 6. The number of anilines is 1. The van der Waals surface area contributed by atoms with Gasteiger partial charge in [0.15, 0.2) is 0 Å². The van der Waals surface area contributed by atoms with Gasteiger partial charge in [-0.15, -0.1) is 0 Å². The minimum atomic E-state index is -3.50. The van der Waals surface area contributed by atoms with Crippen LogP contribution in [0.4, 0.5) is 5.69 Å². The second-order valence-electron chi connectivity index (χ2n) is 9.24.